The van der Waals surface area contributed by atoms with E-state index in [0.717, 1.165) is 11.1 Å². The van der Waals surface area contributed by atoms with Crippen molar-refractivity contribution in [1.29, 1.82) is 0 Å². The molecular weight excluding hydrogens is 464 g/mol. The smallest absolute Gasteiger partial charge is 0.338 e. The molecule has 4 aromatic carbocycles. The number of benzene rings is 4. The first-order valence-corrected chi connectivity index (χ1v) is 13.7. The van der Waals surface area contributed by atoms with Crippen LogP contribution in [0.1, 0.15) is 74.5 Å². The van der Waals surface area contributed by atoms with Crippen LogP contribution in [-0.4, -0.2) is 12.6 Å². The molecule has 0 heterocycles. The molecule has 1 aliphatic carbocycles. The first kappa shape index (κ1) is 26.0. The highest BCUT2D eigenvalue weighted by molar-refractivity contribution is 5.91. The van der Waals surface area contributed by atoms with Gasteiger partial charge in [0.25, 0.3) is 0 Å². The third-order valence-corrected chi connectivity index (χ3v) is 8.32. The molecule has 0 saturated heterocycles. The Kier molecular flexibility index (Phi) is 6.77. The normalized spacial score (nSPS) is 15.5. The zero-order valence-corrected chi connectivity index (χ0v) is 23.5. The van der Waals surface area contributed by atoms with Crippen molar-refractivity contribution in [2.45, 2.75) is 65.2 Å². The highest BCUT2D eigenvalue weighted by atomic mass is 16.5. The van der Waals surface area contributed by atoms with Gasteiger partial charge in [-0.05, 0) is 106 Å². The largest absolute Gasteiger partial charge is 0.462 e. The first-order chi connectivity index (χ1) is 18.1. The zero-order chi connectivity index (χ0) is 27.1. The summed E-state index contributed by atoms with van der Waals surface area (Å²) in [7, 11) is 0. The Hall–Kier alpha value is -3.65. The number of hydrogen-bond acceptors (Lipinski definition) is 2. The molecule has 0 amide bonds. The highest BCUT2D eigenvalue weighted by Gasteiger charge is 2.37. The molecule has 0 fully saturated rings. The van der Waals surface area contributed by atoms with Gasteiger partial charge in [0.15, 0.2) is 0 Å². The lowest BCUT2D eigenvalue weighted by Crippen LogP contribution is -2.34. The SMILES string of the molecule is CCOC(=O)c1ccc(-c2ccc(-c3ccccc3)c(-c3cc4c(cc3C)C(C)(C)CCC4(C)C)c2)cc1. The molecule has 0 N–H and O–H groups in total. The fourth-order valence-electron chi connectivity index (χ4n) is 5.84. The Bertz CT molecular complexity index is 1470. The van der Waals surface area contributed by atoms with Gasteiger partial charge in [0.1, 0.15) is 0 Å². The summed E-state index contributed by atoms with van der Waals surface area (Å²) in [6.07, 6.45) is 2.40. The van der Waals surface area contributed by atoms with E-state index in [9.17, 15) is 4.79 Å². The third-order valence-electron chi connectivity index (χ3n) is 8.32. The topological polar surface area (TPSA) is 26.3 Å². The molecule has 2 nitrogen and oxygen atoms in total. The molecule has 2 heteroatoms. The van der Waals surface area contributed by atoms with Gasteiger partial charge in [0.2, 0.25) is 0 Å². The molecule has 0 aliphatic heterocycles. The van der Waals surface area contributed by atoms with E-state index in [1.165, 1.54) is 51.8 Å². The van der Waals surface area contributed by atoms with E-state index in [4.69, 9.17) is 4.74 Å². The van der Waals surface area contributed by atoms with Crippen LogP contribution in [0.4, 0.5) is 0 Å². The minimum absolute atomic E-state index is 0.140. The Morgan fingerprint density at radius 1 is 0.684 bits per heavy atom. The van der Waals surface area contributed by atoms with E-state index in [1.54, 1.807) is 0 Å². The van der Waals surface area contributed by atoms with Crippen molar-refractivity contribution in [3.63, 3.8) is 0 Å². The molecule has 0 radical (unpaired) electrons. The van der Waals surface area contributed by atoms with Crippen LogP contribution in [0.25, 0.3) is 33.4 Å². The van der Waals surface area contributed by atoms with Crippen LogP contribution in [0.3, 0.4) is 0 Å². The monoisotopic (exact) mass is 502 g/mol. The molecule has 0 bridgehead atoms. The third kappa shape index (κ3) is 4.80. The minimum Gasteiger partial charge on any atom is -0.462 e. The van der Waals surface area contributed by atoms with Gasteiger partial charge in [-0.2, -0.15) is 0 Å². The lowest BCUT2D eigenvalue weighted by molar-refractivity contribution is 0.0526. The molecule has 0 spiro atoms. The quantitative estimate of drug-likeness (QED) is 0.254. The van der Waals surface area contributed by atoms with Crippen LogP contribution in [0.5, 0.6) is 0 Å². The van der Waals surface area contributed by atoms with Crippen LogP contribution in [0.15, 0.2) is 84.9 Å². The summed E-state index contributed by atoms with van der Waals surface area (Å²) in [6.45, 7) is 14.0. The van der Waals surface area contributed by atoms with Gasteiger partial charge in [0.05, 0.1) is 12.2 Å². The predicted octanol–water partition coefficient (Wildman–Crippen LogP) is 9.52. The molecule has 0 unspecified atom stereocenters. The highest BCUT2D eigenvalue weighted by Crippen LogP contribution is 2.48. The summed E-state index contributed by atoms with van der Waals surface area (Å²) in [5, 5.41) is 0. The molecule has 0 atom stereocenters. The number of esters is 1. The number of carbonyl (C=O) groups excluding carboxylic acids is 1. The Balaban J connectivity index is 1.68. The average molecular weight is 503 g/mol. The van der Waals surface area contributed by atoms with E-state index in [0.29, 0.717) is 12.2 Å². The van der Waals surface area contributed by atoms with Crippen molar-refractivity contribution in [3.05, 3.63) is 107 Å². The summed E-state index contributed by atoms with van der Waals surface area (Å²) >= 11 is 0. The van der Waals surface area contributed by atoms with E-state index in [1.807, 2.05) is 31.2 Å². The van der Waals surface area contributed by atoms with Crippen LogP contribution in [0.2, 0.25) is 0 Å². The van der Waals surface area contributed by atoms with Crippen molar-refractivity contribution in [3.8, 4) is 33.4 Å². The Morgan fingerprint density at radius 3 is 1.92 bits per heavy atom. The predicted molar refractivity (Wildman–Crippen MR) is 159 cm³/mol. The molecule has 5 rings (SSSR count). The summed E-state index contributed by atoms with van der Waals surface area (Å²) in [6, 6.07) is 30.0. The van der Waals surface area contributed by atoms with Gasteiger partial charge in [-0.25, -0.2) is 4.79 Å². The van der Waals surface area contributed by atoms with E-state index >= 15 is 0 Å². The summed E-state index contributed by atoms with van der Waals surface area (Å²) in [4.78, 5) is 12.2. The van der Waals surface area contributed by atoms with Gasteiger partial charge in [-0.1, -0.05) is 94.4 Å². The van der Waals surface area contributed by atoms with Crippen LogP contribution >= 0.6 is 0 Å². The van der Waals surface area contributed by atoms with Crippen molar-refractivity contribution in [1.82, 2.24) is 0 Å². The van der Waals surface area contributed by atoms with Crippen LogP contribution < -0.4 is 0 Å². The second-order valence-corrected chi connectivity index (χ2v) is 11.9. The average Bonchev–Trinajstić information content (AvgIpc) is 2.91. The van der Waals surface area contributed by atoms with Crippen LogP contribution in [-0.2, 0) is 15.6 Å². The number of rotatable bonds is 5. The van der Waals surface area contributed by atoms with Crippen molar-refractivity contribution in [2.75, 3.05) is 6.61 Å². The van der Waals surface area contributed by atoms with Crippen LogP contribution in [0, 0.1) is 6.92 Å². The molecule has 38 heavy (non-hydrogen) atoms. The van der Waals surface area contributed by atoms with Crippen molar-refractivity contribution in [2.24, 2.45) is 0 Å². The van der Waals surface area contributed by atoms with Gasteiger partial charge in [-0.15, -0.1) is 0 Å². The number of aryl methyl sites for hydroxylation is 1. The fraction of sp³-hybridized carbons (Fsp3) is 0.306. The standard InChI is InChI=1S/C36H38O2/c1-7-38-34(37)27-15-13-25(14-16-27)28-17-18-29(26-11-9-8-10-12-26)31(22-28)30-23-33-32(21-24(30)2)35(3,4)19-20-36(33,5)6/h8-18,21-23H,7,19-20H2,1-6H3. The lowest BCUT2D eigenvalue weighted by Gasteiger charge is -2.42. The first-order valence-electron chi connectivity index (χ1n) is 13.7. The second-order valence-electron chi connectivity index (χ2n) is 11.9. The van der Waals surface area contributed by atoms with E-state index in [-0.39, 0.29) is 16.8 Å². The second kappa shape index (κ2) is 9.91. The Labute approximate surface area is 227 Å². The zero-order valence-electron chi connectivity index (χ0n) is 23.5. The van der Waals surface area contributed by atoms with Crippen molar-refractivity contribution >= 4 is 5.97 Å². The van der Waals surface area contributed by atoms with Crippen molar-refractivity contribution < 1.29 is 9.53 Å². The number of hydrogen-bond donors (Lipinski definition) is 0. The lowest BCUT2D eigenvalue weighted by atomic mass is 9.62. The van der Waals surface area contributed by atoms with Gasteiger partial charge in [-0.3, -0.25) is 0 Å². The van der Waals surface area contributed by atoms with E-state index < -0.39 is 0 Å². The van der Waals surface area contributed by atoms with Gasteiger partial charge < -0.3 is 4.74 Å². The summed E-state index contributed by atoms with van der Waals surface area (Å²) < 4.78 is 5.17. The van der Waals surface area contributed by atoms with E-state index in [2.05, 4.69) is 95.3 Å². The van der Waals surface area contributed by atoms with Gasteiger partial charge in [0, 0.05) is 0 Å². The maximum atomic E-state index is 12.2. The molecule has 4 aromatic rings. The summed E-state index contributed by atoms with van der Waals surface area (Å²) in [5.74, 6) is -0.283. The minimum atomic E-state index is -0.283. The maximum absolute atomic E-state index is 12.2. The molecular formula is C36H38O2. The Morgan fingerprint density at radius 2 is 1.29 bits per heavy atom. The fourth-order valence-corrected chi connectivity index (χ4v) is 5.84. The number of carbonyl (C=O) groups is 1. The number of fused-ring (bicyclic) bond motifs is 1. The molecule has 1 aliphatic rings. The summed E-state index contributed by atoms with van der Waals surface area (Å²) in [5.41, 5.74) is 12.3. The number of ether oxygens (including phenoxy) is 1. The molecule has 194 valence electrons. The molecule has 0 saturated carbocycles. The molecule has 0 aromatic heterocycles. The maximum Gasteiger partial charge on any atom is 0.338 e. The van der Waals surface area contributed by atoms with Gasteiger partial charge >= 0.3 is 5.97 Å².